The number of aromatic nitrogens is 4. The van der Waals surface area contributed by atoms with Crippen molar-refractivity contribution in [3.63, 3.8) is 0 Å². The minimum atomic E-state index is -0.470. The summed E-state index contributed by atoms with van der Waals surface area (Å²) < 4.78 is 19.7. The number of piperidine rings is 1. The Bertz CT molecular complexity index is 970. The zero-order valence-corrected chi connectivity index (χ0v) is 15.0. The summed E-state index contributed by atoms with van der Waals surface area (Å²) in [6.45, 7) is 1.09. The molecular weight excluding hydrogens is 361 g/mol. The van der Waals surface area contributed by atoms with Gasteiger partial charge in [-0.1, -0.05) is 12.1 Å². The van der Waals surface area contributed by atoms with E-state index in [0.717, 1.165) is 12.8 Å². The van der Waals surface area contributed by atoms with E-state index in [1.807, 2.05) is 0 Å². The second-order valence-corrected chi connectivity index (χ2v) is 6.46. The molecule has 1 amide bonds. The number of benzene rings is 1. The highest BCUT2D eigenvalue weighted by Gasteiger charge is 2.29. The summed E-state index contributed by atoms with van der Waals surface area (Å²) in [5.74, 6) is -0.357. The van der Waals surface area contributed by atoms with Crippen molar-refractivity contribution < 1.29 is 13.9 Å². The van der Waals surface area contributed by atoms with Crippen LogP contribution in [0.2, 0.25) is 0 Å². The molecule has 1 aromatic carbocycles. The van der Waals surface area contributed by atoms with E-state index in [9.17, 15) is 9.18 Å². The number of hydrogen-bond acceptors (Lipinski definition) is 6. The van der Waals surface area contributed by atoms with Crippen LogP contribution in [0.25, 0.3) is 0 Å². The largest absolute Gasteiger partial charge is 0.434 e. The fraction of sp³-hybridized carbons (Fsp3) is 0.250. The van der Waals surface area contributed by atoms with Gasteiger partial charge in [-0.15, -0.1) is 0 Å². The van der Waals surface area contributed by atoms with Crippen molar-refractivity contribution in [2.75, 3.05) is 13.1 Å². The standard InChI is InChI=1S/C20H18FN5O2/c21-15-5-1-2-6-17(15)28-19-18(24-9-10-25-19)14-4-3-11-26(13-14)20(27)16-12-22-7-8-23-16/h1-2,5-10,12,14H,3-4,11,13H2. The van der Waals surface area contributed by atoms with Gasteiger partial charge in [-0.2, -0.15) is 0 Å². The monoisotopic (exact) mass is 379 g/mol. The molecule has 1 saturated heterocycles. The fourth-order valence-corrected chi connectivity index (χ4v) is 3.28. The van der Waals surface area contributed by atoms with Gasteiger partial charge in [-0.25, -0.2) is 14.4 Å². The first-order valence-electron chi connectivity index (χ1n) is 9.01. The highest BCUT2D eigenvalue weighted by atomic mass is 19.1. The number of carbonyl (C=O) groups excluding carboxylic acids is 1. The molecule has 2 aromatic heterocycles. The lowest BCUT2D eigenvalue weighted by molar-refractivity contribution is 0.0698. The molecule has 28 heavy (non-hydrogen) atoms. The van der Waals surface area contributed by atoms with Crippen LogP contribution >= 0.6 is 0 Å². The molecule has 0 radical (unpaired) electrons. The average Bonchev–Trinajstić information content (AvgIpc) is 2.76. The van der Waals surface area contributed by atoms with Crippen molar-refractivity contribution in [1.82, 2.24) is 24.8 Å². The normalized spacial score (nSPS) is 16.6. The number of nitrogens with zero attached hydrogens (tertiary/aromatic N) is 5. The molecule has 0 saturated carbocycles. The Hall–Kier alpha value is -3.42. The Morgan fingerprint density at radius 3 is 2.75 bits per heavy atom. The van der Waals surface area contributed by atoms with Crippen molar-refractivity contribution in [1.29, 1.82) is 0 Å². The van der Waals surface area contributed by atoms with Gasteiger partial charge < -0.3 is 9.64 Å². The lowest BCUT2D eigenvalue weighted by Crippen LogP contribution is -2.39. The highest BCUT2D eigenvalue weighted by Crippen LogP contribution is 2.33. The molecule has 3 aromatic rings. The van der Waals surface area contributed by atoms with E-state index in [1.54, 1.807) is 29.3 Å². The summed E-state index contributed by atoms with van der Waals surface area (Å²) in [5, 5.41) is 0. The first-order valence-corrected chi connectivity index (χ1v) is 9.01. The van der Waals surface area contributed by atoms with E-state index in [0.29, 0.717) is 24.5 Å². The van der Waals surface area contributed by atoms with E-state index in [4.69, 9.17) is 4.74 Å². The molecule has 1 aliphatic rings. The quantitative estimate of drug-likeness (QED) is 0.692. The third kappa shape index (κ3) is 3.80. The second kappa shape index (κ2) is 8.08. The minimum Gasteiger partial charge on any atom is -0.434 e. The molecule has 0 bridgehead atoms. The zero-order valence-electron chi connectivity index (χ0n) is 15.0. The smallest absolute Gasteiger partial charge is 0.274 e. The van der Waals surface area contributed by atoms with Crippen molar-refractivity contribution in [2.45, 2.75) is 18.8 Å². The number of rotatable bonds is 4. The summed E-state index contributed by atoms with van der Waals surface area (Å²) in [5.41, 5.74) is 0.924. The van der Waals surface area contributed by atoms with Crippen LogP contribution in [0.5, 0.6) is 11.6 Å². The Balaban J connectivity index is 1.56. The molecule has 7 nitrogen and oxygen atoms in total. The topological polar surface area (TPSA) is 81.1 Å². The van der Waals surface area contributed by atoms with E-state index in [1.165, 1.54) is 30.9 Å². The van der Waals surface area contributed by atoms with Crippen molar-refractivity contribution in [3.8, 4) is 11.6 Å². The Morgan fingerprint density at radius 2 is 1.93 bits per heavy atom. The van der Waals surface area contributed by atoms with Gasteiger partial charge in [0, 0.05) is 43.8 Å². The van der Waals surface area contributed by atoms with Crippen LogP contribution in [0.4, 0.5) is 4.39 Å². The Kier molecular flexibility index (Phi) is 5.18. The van der Waals surface area contributed by atoms with Crippen molar-refractivity contribution >= 4 is 5.91 Å². The van der Waals surface area contributed by atoms with Crippen molar-refractivity contribution in [3.05, 3.63) is 72.5 Å². The third-order valence-corrected chi connectivity index (χ3v) is 4.61. The van der Waals surface area contributed by atoms with Crippen LogP contribution in [0.3, 0.4) is 0 Å². The number of carbonyl (C=O) groups is 1. The molecule has 1 aliphatic heterocycles. The maximum absolute atomic E-state index is 14.0. The van der Waals surface area contributed by atoms with Gasteiger partial charge in [0.05, 0.1) is 6.20 Å². The lowest BCUT2D eigenvalue weighted by atomic mass is 9.94. The van der Waals surface area contributed by atoms with E-state index >= 15 is 0 Å². The lowest BCUT2D eigenvalue weighted by Gasteiger charge is -2.32. The van der Waals surface area contributed by atoms with Gasteiger partial charge in [-0.05, 0) is 25.0 Å². The molecule has 3 heterocycles. The van der Waals surface area contributed by atoms with Crippen LogP contribution in [-0.2, 0) is 0 Å². The van der Waals surface area contributed by atoms with Gasteiger partial charge in [-0.3, -0.25) is 14.8 Å². The number of halogens is 1. The summed E-state index contributed by atoms with van der Waals surface area (Å²) in [7, 11) is 0. The number of ether oxygens (including phenoxy) is 1. The first kappa shape index (κ1) is 18.0. The molecule has 0 spiro atoms. The molecule has 8 heteroatoms. The average molecular weight is 379 g/mol. The van der Waals surface area contributed by atoms with Crippen LogP contribution < -0.4 is 4.74 Å². The molecule has 1 atom stereocenters. The van der Waals surface area contributed by atoms with E-state index in [2.05, 4.69) is 19.9 Å². The van der Waals surface area contributed by atoms with Crippen LogP contribution in [0.1, 0.15) is 34.9 Å². The number of para-hydroxylation sites is 1. The maximum atomic E-state index is 14.0. The number of hydrogen-bond donors (Lipinski definition) is 0. The predicted molar refractivity (Wildman–Crippen MR) is 98.4 cm³/mol. The van der Waals surface area contributed by atoms with Crippen LogP contribution in [0, 0.1) is 5.82 Å². The number of likely N-dealkylation sites (tertiary alicyclic amines) is 1. The van der Waals surface area contributed by atoms with Gasteiger partial charge in [0.2, 0.25) is 5.88 Å². The van der Waals surface area contributed by atoms with Crippen molar-refractivity contribution in [2.24, 2.45) is 0 Å². The van der Waals surface area contributed by atoms with Gasteiger partial charge >= 0.3 is 0 Å². The van der Waals surface area contributed by atoms with E-state index in [-0.39, 0.29) is 23.5 Å². The third-order valence-electron chi connectivity index (χ3n) is 4.61. The minimum absolute atomic E-state index is 0.0650. The molecule has 4 rings (SSSR count). The molecule has 142 valence electrons. The fourth-order valence-electron chi connectivity index (χ4n) is 3.28. The molecule has 0 N–H and O–H groups in total. The summed E-state index contributed by atoms with van der Waals surface area (Å²) in [6.07, 6.45) is 9.21. The summed E-state index contributed by atoms with van der Waals surface area (Å²) >= 11 is 0. The zero-order chi connectivity index (χ0) is 19.3. The maximum Gasteiger partial charge on any atom is 0.274 e. The molecule has 1 unspecified atom stereocenters. The SMILES string of the molecule is O=C(c1cnccn1)N1CCCC(c2nccnc2Oc2ccccc2F)C1. The van der Waals surface area contributed by atoms with Gasteiger partial charge in [0.25, 0.3) is 5.91 Å². The molecule has 1 fully saturated rings. The summed E-state index contributed by atoms with van der Waals surface area (Å²) in [6, 6.07) is 6.15. The highest BCUT2D eigenvalue weighted by molar-refractivity contribution is 5.92. The predicted octanol–water partition coefficient (Wildman–Crippen LogP) is 3.22. The van der Waals surface area contributed by atoms with Crippen LogP contribution in [0.15, 0.2) is 55.2 Å². The Morgan fingerprint density at radius 1 is 1.11 bits per heavy atom. The van der Waals surface area contributed by atoms with E-state index < -0.39 is 5.82 Å². The van der Waals surface area contributed by atoms with Gasteiger partial charge in [0.1, 0.15) is 11.4 Å². The first-order chi connectivity index (χ1) is 13.7. The second-order valence-electron chi connectivity index (χ2n) is 6.46. The van der Waals surface area contributed by atoms with Crippen LogP contribution in [-0.4, -0.2) is 43.8 Å². The number of amides is 1. The molecular formula is C20H18FN5O2. The van der Waals surface area contributed by atoms with Gasteiger partial charge in [0.15, 0.2) is 11.6 Å². The Labute approximate surface area is 161 Å². The summed E-state index contributed by atoms with van der Waals surface area (Å²) in [4.78, 5) is 31.1. The molecule has 0 aliphatic carbocycles.